The number of carbonyl (C=O) groups is 1. The molecule has 6 aliphatic rings. The first-order valence-corrected chi connectivity index (χ1v) is 37.3. The first kappa shape index (κ1) is 47.0. The van der Waals surface area contributed by atoms with Crippen LogP contribution in [0.25, 0.3) is 0 Å². The molecule has 0 amide bonds. The molecule has 0 aliphatic carbocycles. The molecule has 6 fully saturated rings. The third-order valence-corrected chi connectivity index (χ3v) is 47.2. The molecule has 8 bridgehead atoms. The van der Waals surface area contributed by atoms with E-state index in [4.69, 9.17) is 49.4 Å². The van der Waals surface area contributed by atoms with E-state index >= 15 is 0 Å². The maximum absolute atomic E-state index is 12.1. The average molecular weight is 1080 g/mol. The first-order chi connectivity index (χ1) is 34.5. The zero-order valence-electron chi connectivity index (χ0n) is 38.2. The van der Waals surface area contributed by atoms with Crippen LogP contribution in [0.2, 0.25) is 6.04 Å². The van der Waals surface area contributed by atoms with Crippen molar-refractivity contribution in [1.29, 1.82) is 0 Å². The summed E-state index contributed by atoms with van der Waals surface area (Å²) in [4.78, 5) is 12.1. The van der Waals surface area contributed by atoms with Crippen molar-refractivity contribution in [3.63, 3.8) is 0 Å². The number of aliphatic carboxylic acids is 1. The van der Waals surface area contributed by atoms with Gasteiger partial charge in [0.15, 0.2) is 0 Å². The Bertz CT molecular complexity index is 2780. The highest BCUT2D eigenvalue weighted by atomic mass is 28.6. The minimum absolute atomic E-state index is 0.0816. The van der Waals surface area contributed by atoms with Crippen molar-refractivity contribution in [2.45, 2.75) is 25.8 Å². The number of hydrogen-bond acceptors (Lipinski definition) is 13. The molecule has 6 heterocycles. The van der Waals surface area contributed by atoms with Crippen molar-refractivity contribution < 1.29 is 59.3 Å². The van der Waals surface area contributed by atoms with E-state index in [1.54, 1.807) is 13.0 Å². The first-order valence-electron chi connectivity index (χ1n) is 23.3. The predicted octanol–water partition coefficient (Wildman–Crippen LogP) is 3.93. The summed E-state index contributed by atoms with van der Waals surface area (Å²) < 4.78 is 96.8. The van der Waals surface area contributed by atoms with Gasteiger partial charge in [-0.2, -0.15) is 0 Å². The molecule has 71 heavy (non-hydrogen) atoms. The second-order valence-corrected chi connectivity index (χ2v) is 40.9. The number of carboxylic acid groups (broad SMARTS) is 1. The van der Waals surface area contributed by atoms with Crippen LogP contribution >= 0.6 is 0 Å². The van der Waals surface area contributed by atoms with Gasteiger partial charge in [-0.1, -0.05) is 218 Å². The maximum atomic E-state index is 12.1. The average Bonchev–Trinajstić information content (AvgIpc) is 3.39. The molecule has 22 heteroatoms. The van der Waals surface area contributed by atoms with Crippen molar-refractivity contribution >= 4 is 113 Å². The summed E-state index contributed by atoms with van der Waals surface area (Å²) in [6.45, 7) is 1.57. The van der Waals surface area contributed by atoms with Gasteiger partial charge < -0.3 is 54.5 Å². The van der Waals surface area contributed by atoms with Gasteiger partial charge in [-0.15, -0.1) is 0 Å². The SMILES string of the molecule is C/C(=C\CCC[Si]12O[Si]3(c4ccccc4)O[Si]4(c5ccccc5)O[Si](c5ccccc5)(O1)O[Si]1(c5ccccc5)O[Si](c5ccccc5)(O2)O[Si](c2ccccc2)(O3)O[Si](c2ccccc2)(O4)O1)C(=O)O. The fraction of sp³-hybridized carbons (Fsp3) is 0.0816. The Morgan fingerprint density at radius 1 is 0.352 bits per heavy atom. The molecule has 0 atom stereocenters. The Morgan fingerprint density at radius 2 is 0.549 bits per heavy atom. The van der Waals surface area contributed by atoms with Crippen LogP contribution in [0, 0.1) is 0 Å². The molecule has 6 aliphatic heterocycles. The third kappa shape index (κ3) is 8.24. The Morgan fingerprint density at radius 3 is 0.746 bits per heavy atom. The standard InChI is InChI=1S/C49H46O14Si8/c1-41(49(50)51)25-23-24-40-64-52-65(42-26-9-2-10-27-42)55-68(45-32-15-5-16-33-45)57-66(53-64,43-28-11-3-12-29-43)59-70(47-36-19-7-20-37-47)60-67(54-64,44-30-13-4-14-31-44)58-69(56-65,46-34-17-6-18-35-46)62-71(61-68,63-70)48-38-21-8-22-39-48/h2-22,25-39H,23-24,40H2,1H3,(H,50,51)/b41-25+. The van der Waals surface area contributed by atoms with Crippen molar-refractivity contribution in [1.82, 2.24) is 0 Å². The van der Waals surface area contributed by atoms with Gasteiger partial charge in [0.1, 0.15) is 0 Å². The molecule has 0 saturated carbocycles. The summed E-state index contributed by atoms with van der Waals surface area (Å²) in [6.07, 6.45) is 2.33. The van der Waals surface area contributed by atoms with E-state index in [9.17, 15) is 9.90 Å². The quantitative estimate of drug-likeness (QED) is 0.107. The highest BCUT2D eigenvalue weighted by Crippen LogP contribution is 2.49. The van der Waals surface area contributed by atoms with E-state index in [1.807, 2.05) is 212 Å². The lowest BCUT2D eigenvalue weighted by Gasteiger charge is -2.62. The molecule has 7 aromatic carbocycles. The summed E-state index contributed by atoms with van der Waals surface area (Å²) in [6, 6.07) is 66.4. The molecule has 13 rings (SSSR count). The van der Waals surface area contributed by atoms with Gasteiger partial charge in [0, 0.05) is 47.9 Å². The van der Waals surface area contributed by atoms with Crippen LogP contribution in [-0.2, 0) is 54.2 Å². The fourth-order valence-electron chi connectivity index (χ4n) is 9.32. The summed E-state index contributed by atoms with van der Waals surface area (Å²) in [5.41, 5.74) is 0.195. The fourth-order valence-corrected chi connectivity index (χ4v) is 55.9. The Balaban J connectivity index is 1.26. The van der Waals surface area contributed by atoms with Crippen molar-refractivity contribution in [3.8, 4) is 0 Å². The number of carboxylic acids is 1. The van der Waals surface area contributed by atoms with E-state index in [1.165, 1.54) is 0 Å². The van der Waals surface area contributed by atoms with Crippen LogP contribution in [0.3, 0.4) is 0 Å². The van der Waals surface area contributed by atoms with Crippen LogP contribution in [0.5, 0.6) is 0 Å². The van der Waals surface area contributed by atoms with Crippen molar-refractivity contribution in [2.24, 2.45) is 0 Å². The van der Waals surface area contributed by atoms with Gasteiger partial charge >= 0.3 is 76.4 Å². The molecule has 358 valence electrons. The zero-order valence-corrected chi connectivity index (χ0v) is 46.2. The summed E-state index contributed by atoms with van der Waals surface area (Å²) in [7, 11) is -38.0. The van der Waals surface area contributed by atoms with E-state index < -0.39 is 76.4 Å². The molecule has 14 nitrogen and oxygen atoms in total. The highest BCUT2D eigenvalue weighted by Gasteiger charge is 2.86. The minimum Gasteiger partial charge on any atom is -0.478 e. The van der Waals surface area contributed by atoms with Crippen LogP contribution in [-0.4, -0.2) is 81.5 Å². The zero-order chi connectivity index (χ0) is 48.3. The van der Waals surface area contributed by atoms with E-state index in [-0.39, 0.29) is 11.6 Å². The molecule has 0 spiro atoms. The van der Waals surface area contributed by atoms with Gasteiger partial charge in [-0.3, -0.25) is 0 Å². The lowest BCUT2D eigenvalue weighted by Crippen LogP contribution is -2.95. The largest absolute Gasteiger partial charge is 0.515 e. The topological polar surface area (TPSA) is 148 Å². The van der Waals surface area contributed by atoms with Gasteiger partial charge in [0.05, 0.1) is 0 Å². The molecule has 0 radical (unpaired) electrons. The van der Waals surface area contributed by atoms with Crippen molar-refractivity contribution in [2.75, 3.05) is 0 Å². The second kappa shape index (κ2) is 18.2. The van der Waals surface area contributed by atoms with Gasteiger partial charge in [0.25, 0.3) is 0 Å². The Labute approximate surface area is 419 Å². The smallest absolute Gasteiger partial charge is 0.478 e. The summed E-state index contributed by atoms with van der Waals surface area (Å²) in [5.74, 6) is -1.02. The van der Waals surface area contributed by atoms with Crippen LogP contribution in [0.4, 0.5) is 0 Å². The molecule has 6 saturated heterocycles. The summed E-state index contributed by atoms with van der Waals surface area (Å²) >= 11 is 0. The Hall–Kier alpha value is -4.99. The third-order valence-electron chi connectivity index (χ3n) is 12.7. The molecular formula is C49H46O14Si8. The molecule has 1 N–H and O–H groups in total. The molecule has 7 aromatic rings. The lowest BCUT2D eigenvalue weighted by molar-refractivity contribution is -0.132. The maximum Gasteiger partial charge on any atom is 0.515 e. The lowest BCUT2D eigenvalue weighted by atomic mass is 10.2. The van der Waals surface area contributed by atoms with Crippen LogP contribution in [0.1, 0.15) is 19.8 Å². The monoisotopic (exact) mass is 1080 g/mol. The van der Waals surface area contributed by atoms with E-state index in [0.717, 1.165) is 0 Å². The second-order valence-electron chi connectivity index (χ2n) is 17.4. The minimum atomic E-state index is -4.77. The predicted molar refractivity (Wildman–Crippen MR) is 277 cm³/mol. The highest BCUT2D eigenvalue weighted by molar-refractivity contribution is 7.13. The van der Waals surface area contributed by atoms with Gasteiger partial charge in [-0.25, -0.2) is 4.79 Å². The molecule has 0 unspecified atom stereocenters. The van der Waals surface area contributed by atoms with Crippen molar-refractivity contribution in [3.05, 3.63) is 224 Å². The van der Waals surface area contributed by atoms with Gasteiger partial charge in [0.2, 0.25) is 0 Å². The number of hydrogen-bond donors (Lipinski definition) is 1. The number of benzene rings is 7. The van der Waals surface area contributed by atoms with Crippen LogP contribution in [0.15, 0.2) is 224 Å². The molecular weight excluding hydrogens is 1040 g/mol. The van der Waals surface area contributed by atoms with E-state index in [0.29, 0.717) is 49.1 Å². The van der Waals surface area contributed by atoms with Gasteiger partial charge in [-0.05, 0) is 19.8 Å². The molecule has 0 aromatic heterocycles. The normalized spacial score (nSPS) is 33.0. The van der Waals surface area contributed by atoms with E-state index in [2.05, 4.69) is 0 Å². The number of allylic oxidation sites excluding steroid dienone is 1. The number of unbranched alkanes of at least 4 members (excludes halogenated alkanes) is 1. The summed E-state index contributed by atoms with van der Waals surface area (Å²) in [5, 5.41) is 13.7. The Kier molecular flexibility index (Phi) is 12.0. The van der Waals surface area contributed by atoms with Crippen LogP contribution < -0.4 is 36.3 Å². The number of rotatable bonds is 12.